The smallest absolute Gasteiger partial charge is 0.128 e. The van der Waals surface area contributed by atoms with E-state index in [9.17, 15) is 4.39 Å². The largest absolute Gasteiger partial charge is 0.389 e. The van der Waals surface area contributed by atoms with Gasteiger partial charge in [-0.25, -0.2) is 4.39 Å². The lowest BCUT2D eigenvalue weighted by Crippen LogP contribution is -1.93. The Morgan fingerprint density at radius 1 is 1.40 bits per heavy atom. The lowest BCUT2D eigenvalue weighted by Gasteiger charge is -2.03. The van der Waals surface area contributed by atoms with Crippen LogP contribution in [0.3, 0.4) is 0 Å². The Bertz CT molecular complexity index is 220. The third-order valence-electron chi connectivity index (χ3n) is 1.36. The molecule has 0 unspecified atom stereocenters. The summed E-state index contributed by atoms with van der Waals surface area (Å²) in [7, 11) is 0. The first-order valence-corrected chi connectivity index (χ1v) is 3.14. The summed E-state index contributed by atoms with van der Waals surface area (Å²) in [4.78, 5) is 0. The van der Waals surface area contributed by atoms with Crippen molar-refractivity contribution in [3.63, 3.8) is 0 Å². The van der Waals surface area contributed by atoms with Crippen LogP contribution in [0, 0.1) is 5.82 Å². The van der Waals surface area contributed by atoms with Crippen LogP contribution in [0.2, 0.25) is 0 Å². The maximum absolute atomic E-state index is 12.7. The van der Waals surface area contributed by atoms with Crippen molar-refractivity contribution in [1.82, 2.24) is 0 Å². The van der Waals surface area contributed by atoms with Crippen molar-refractivity contribution in [2.45, 2.75) is 13.0 Å². The van der Waals surface area contributed by atoms with E-state index >= 15 is 0 Å². The van der Waals surface area contributed by atoms with E-state index in [0.29, 0.717) is 5.56 Å². The number of hydrogen-bond donors (Lipinski definition) is 1. The molecule has 2 heteroatoms. The Morgan fingerprint density at radius 2 is 2.00 bits per heavy atom. The summed E-state index contributed by atoms with van der Waals surface area (Å²) >= 11 is 0. The molecule has 0 saturated carbocycles. The Morgan fingerprint density at radius 3 is 2.40 bits per heavy atom. The van der Waals surface area contributed by atoms with Crippen LogP contribution in [-0.4, -0.2) is 5.11 Å². The van der Waals surface area contributed by atoms with Gasteiger partial charge in [-0.05, 0) is 13.0 Å². The molecule has 0 aliphatic rings. The number of halogens is 1. The summed E-state index contributed by atoms with van der Waals surface area (Å²) in [6.07, 6.45) is -0.721. The average molecular weight is 140 g/mol. The highest BCUT2D eigenvalue weighted by atomic mass is 19.1. The first kappa shape index (κ1) is 7.22. The molecule has 0 aliphatic heterocycles. The fraction of sp³-hybridized carbons (Fsp3) is 0.250. The normalized spacial score (nSPS) is 13.1. The highest BCUT2D eigenvalue weighted by molar-refractivity contribution is 5.18. The molecule has 1 nitrogen and oxygen atoms in total. The van der Waals surface area contributed by atoms with Crippen molar-refractivity contribution >= 4 is 0 Å². The zero-order chi connectivity index (χ0) is 7.56. The van der Waals surface area contributed by atoms with Gasteiger partial charge in [0.2, 0.25) is 0 Å². The van der Waals surface area contributed by atoms with Gasteiger partial charge in [-0.2, -0.15) is 0 Å². The monoisotopic (exact) mass is 140 g/mol. The van der Waals surface area contributed by atoms with Gasteiger partial charge in [0, 0.05) is 5.56 Å². The first-order chi connectivity index (χ1) is 4.72. The maximum Gasteiger partial charge on any atom is 0.128 e. The third-order valence-corrected chi connectivity index (χ3v) is 1.36. The minimum atomic E-state index is -0.721. The van der Waals surface area contributed by atoms with Crippen LogP contribution in [-0.2, 0) is 0 Å². The fourth-order valence-corrected chi connectivity index (χ4v) is 0.814. The molecule has 0 spiro atoms. The molecule has 1 N–H and O–H groups in total. The standard InChI is InChI=1S/C8H9FO/c1-6(10)7-4-2-3-5-8(7)9/h2-6,10H,1H3/t6-/m0/s1. The number of hydrogen-bond acceptors (Lipinski definition) is 1. The predicted octanol–water partition coefficient (Wildman–Crippen LogP) is 1.88. The molecule has 1 aromatic carbocycles. The average Bonchev–Trinajstić information content (AvgIpc) is 1.88. The van der Waals surface area contributed by atoms with E-state index in [1.165, 1.54) is 6.07 Å². The van der Waals surface area contributed by atoms with E-state index in [1.807, 2.05) is 0 Å². The SMILES string of the molecule is C[C@H](O)c1ccccc1F. The lowest BCUT2D eigenvalue weighted by atomic mass is 10.1. The molecule has 1 atom stereocenters. The minimum Gasteiger partial charge on any atom is -0.389 e. The van der Waals surface area contributed by atoms with Gasteiger partial charge in [0.05, 0.1) is 6.10 Å². The molecule has 0 saturated heterocycles. The van der Waals surface area contributed by atoms with Crippen LogP contribution in [0.4, 0.5) is 4.39 Å². The van der Waals surface area contributed by atoms with E-state index < -0.39 is 6.10 Å². The van der Waals surface area contributed by atoms with Gasteiger partial charge in [-0.1, -0.05) is 18.2 Å². The molecule has 54 valence electrons. The first-order valence-electron chi connectivity index (χ1n) is 3.14. The second kappa shape index (κ2) is 2.80. The Balaban J connectivity index is 3.03. The second-order valence-corrected chi connectivity index (χ2v) is 2.20. The van der Waals surface area contributed by atoms with Crippen LogP contribution in [0.1, 0.15) is 18.6 Å². The zero-order valence-corrected chi connectivity index (χ0v) is 5.71. The molecular formula is C8H9FO. The molecule has 10 heavy (non-hydrogen) atoms. The Kier molecular flexibility index (Phi) is 2.02. The van der Waals surface area contributed by atoms with Gasteiger partial charge in [0.15, 0.2) is 0 Å². The number of rotatable bonds is 1. The van der Waals surface area contributed by atoms with Crippen LogP contribution >= 0.6 is 0 Å². The van der Waals surface area contributed by atoms with Crippen LogP contribution < -0.4 is 0 Å². The molecule has 0 aromatic heterocycles. The highest BCUT2D eigenvalue weighted by Crippen LogP contribution is 2.14. The molecule has 0 fully saturated rings. The Hall–Kier alpha value is -0.890. The van der Waals surface area contributed by atoms with Crippen LogP contribution in [0.25, 0.3) is 0 Å². The lowest BCUT2D eigenvalue weighted by molar-refractivity contribution is 0.194. The molecule has 0 aliphatic carbocycles. The van der Waals surface area contributed by atoms with Crippen molar-refractivity contribution in [2.75, 3.05) is 0 Å². The van der Waals surface area contributed by atoms with Gasteiger partial charge in [0.25, 0.3) is 0 Å². The van der Waals surface area contributed by atoms with Crippen molar-refractivity contribution in [3.8, 4) is 0 Å². The van der Waals surface area contributed by atoms with E-state index in [1.54, 1.807) is 25.1 Å². The summed E-state index contributed by atoms with van der Waals surface area (Å²) in [5.74, 6) is -0.350. The number of benzene rings is 1. The molecule has 1 rings (SSSR count). The summed E-state index contributed by atoms with van der Waals surface area (Å²) < 4.78 is 12.7. The van der Waals surface area contributed by atoms with Crippen LogP contribution in [0.5, 0.6) is 0 Å². The molecule has 0 heterocycles. The van der Waals surface area contributed by atoms with Crippen molar-refractivity contribution in [2.24, 2.45) is 0 Å². The van der Waals surface area contributed by atoms with Gasteiger partial charge in [-0.15, -0.1) is 0 Å². The maximum atomic E-state index is 12.7. The summed E-state index contributed by atoms with van der Waals surface area (Å²) in [6.45, 7) is 1.54. The van der Waals surface area contributed by atoms with Crippen LogP contribution in [0.15, 0.2) is 24.3 Å². The second-order valence-electron chi connectivity index (χ2n) is 2.20. The minimum absolute atomic E-state index is 0.350. The number of aliphatic hydroxyl groups is 1. The fourth-order valence-electron chi connectivity index (χ4n) is 0.814. The van der Waals surface area contributed by atoms with Gasteiger partial charge in [-0.3, -0.25) is 0 Å². The van der Waals surface area contributed by atoms with Gasteiger partial charge in [0.1, 0.15) is 5.82 Å². The molecule has 0 amide bonds. The molecule has 1 aromatic rings. The molecule has 0 radical (unpaired) electrons. The summed E-state index contributed by atoms with van der Waals surface area (Å²) in [5.41, 5.74) is 0.350. The number of aliphatic hydroxyl groups excluding tert-OH is 1. The molecular weight excluding hydrogens is 131 g/mol. The van der Waals surface area contributed by atoms with Crippen molar-refractivity contribution in [1.29, 1.82) is 0 Å². The van der Waals surface area contributed by atoms with E-state index in [2.05, 4.69) is 0 Å². The van der Waals surface area contributed by atoms with E-state index in [-0.39, 0.29) is 5.82 Å². The molecule has 0 bridgehead atoms. The van der Waals surface area contributed by atoms with Gasteiger partial charge < -0.3 is 5.11 Å². The zero-order valence-electron chi connectivity index (χ0n) is 5.71. The predicted molar refractivity (Wildman–Crippen MR) is 37.0 cm³/mol. The quantitative estimate of drug-likeness (QED) is 0.631. The van der Waals surface area contributed by atoms with E-state index in [4.69, 9.17) is 5.11 Å². The van der Waals surface area contributed by atoms with E-state index in [0.717, 1.165) is 0 Å². The van der Waals surface area contributed by atoms with Crippen molar-refractivity contribution < 1.29 is 9.50 Å². The topological polar surface area (TPSA) is 20.2 Å². The van der Waals surface area contributed by atoms with Crippen molar-refractivity contribution in [3.05, 3.63) is 35.6 Å². The Labute approximate surface area is 59.1 Å². The van der Waals surface area contributed by atoms with Gasteiger partial charge >= 0.3 is 0 Å². The summed E-state index contributed by atoms with van der Waals surface area (Å²) in [6, 6.07) is 6.20. The third kappa shape index (κ3) is 1.33. The summed E-state index contributed by atoms with van der Waals surface area (Å²) in [5, 5.41) is 8.96. The highest BCUT2D eigenvalue weighted by Gasteiger charge is 2.04.